The quantitative estimate of drug-likeness (QED) is 0.178. The van der Waals surface area contributed by atoms with Gasteiger partial charge in [-0.15, -0.1) is 0 Å². The summed E-state index contributed by atoms with van der Waals surface area (Å²) in [6.07, 6.45) is 1.15. The number of piperidine rings is 1. The zero-order valence-electron chi connectivity index (χ0n) is 23.9. The Morgan fingerprint density at radius 2 is 1.88 bits per heavy atom. The van der Waals surface area contributed by atoms with Crippen molar-refractivity contribution in [2.45, 2.75) is 59.2 Å². The Morgan fingerprint density at radius 1 is 1.17 bits per heavy atom. The van der Waals surface area contributed by atoms with E-state index < -0.39 is 13.6 Å². The second-order valence-electron chi connectivity index (χ2n) is 10.7. The van der Waals surface area contributed by atoms with Gasteiger partial charge in [0, 0.05) is 30.3 Å². The standard InChI is InChI=1S/C28H34BrN6O6P/c1-5-40-42(39,41-6-2)18-8-9-19-20(11-18)34(33-25(19)17(4)36)14-24(37)35-21(12-28(15-30)13-22(28)35)27(38)32-26-16(3)7-10-23(29)31-26/h7-11,21-22H,5-6,12-15,30H2,1-4H3,(H,31,32,38)/t21-,22+,28-/m0/s1. The summed E-state index contributed by atoms with van der Waals surface area (Å²) in [5, 5.41) is 8.14. The average Bonchev–Trinajstić information content (AvgIpc) is 3.38. The van der Waals surface area contributed by atoms with Crippen molar-refractivity contribution in [1.29, 1.82) is 0 Å². The molecule has 1 aromatic carbocycles. The van der Waals surface area contributed by atoms with Crippen LogP contribution in [0.1, 0.15) is 49.7 Å². The predicted molar refractivity (Wildman–Crippen MR) is 161 cm³/mol. The summed E-state index contributed by atoms with van der Waals surface area (Å²) in [7, 11) is -3.64. The number of rotatable bonds is 11. The van der Waals surface area contributed by atoms with Crippen molar-refractivity contribution in [2.75, 3.05) is 25.1 Å². The van der Waals surface area contributed by atoms with E-state index in [0.29, 0.717) is 46.0 Å². The molecule has 2 aliphatic rings. The molecule has 12 nitrogen and oxygen atoms in total. The van der Waals surface area contributed by atoms with Gasteiger partial charge in [-0.2, -0.15) is 5.10 Å². The molecule has 0 bridgehead atoms. The maximum Gasteiger partial charge on any atom is 0.361 e. The number of nitrogens with one attached hydrogen (secondary N) is 1. The number of aromatic nitrogens is 3. The lowest BCUT2D eigenvalue weighted by Gasteiger charge is -2.27. The number of anilines is 1. The normalized spacial score (nSPS) is 21.4. The predicted octanol–water partition coefficient (Wildman–Crippen LogP) is 3.55. The molecule has 0 spiro atoms. The molecule has 2 amide bonds. The summed E-state index contributed by atoms with van der Waals surface area (Å²) in [6.45, 7) is 7.12. The number of hydrogen-bond acceptors (Lipinski definition) is 9. The van der Waals surface area contributed by atoms with E-state index >= 15 is 0 Å². The smallest absolute Gasteiger partial charge is 0.330 e. The second kappa shape index (κ2) is 11.6. The monoisotopic (exact) mass is 660 g/mol. The Balaban J connectivity index is 1.48. The SMILES string of the molecule is CCOP(=O)(OCC)c1ccc2c(C(C)=O)nn(CC(=O)N3[C@H](C(=O)Nc4nc(Br)ccc4C)C[C@@]4(CN)C[C@@H]34)c2c1. The van der Waals surface area contributed by atoms with Gasteiger partial charge in [0.25, 0.3) is 0 Å². The first-order valence-corrected chi connectivity index (χ1v) is 16.2. The minimum absolute atomic E-state index is 0.170. The second-order valence-corrected chi connectivity index (χ2v) is 13.5. The zero-order valence-corrected chi connectivity index (χ0v) is 26.4. The Morgan fingerprint density at radius 3 is 2.52 bits per heavy atom. The summed E-state index contributed by atoms with van der Waals surface area (Å²) in [6, 6.07) is 7.51. The van der Waals surface area contributed by atoms with Gasteiger partial charge >= 0.3 is 7.60 Å². The van der Waals surface area contributed by atoms with Gasteiger partial charge in [0.2, 0.25) is 11.8 Å². The Kier molecular flexibility index (Phi) is 8.43. The van der Waals surface area contributed by atoms with Gasteiger partial charge in [-0.1, -0.05) is 6.07 Å². The van der Waals surface area contributed by atoms with Crippen molar-refractivity contribution < 1.29 is 28.0 Å². The maximum atomic E-state index is 13.9. The third-order valence-electron chi connectivity index (χ3n) is 7.99. The number of carbonyl (C=O) groups excluding carboxylic acids is 3. The fraction of sp³-hybridized carbons (Fsp3) is 0.464. The number of Topliss-reactive ketones (excluding diaryl/α,β-unsaturated/α-hetero) is 1. The van der Waals surface area contributed by atoms with E-state index in [9.17, 15) is 18.9 Å². The highest BCUT2D eigenvalue weighted by Crippen LogP contribution is 2.59. The number of halogens is 1. The van der Waals surface area contributed by atoms with E-state index in [1.165, 1.54) is 11.6 Å². The fourth-order valence-electron chi connectivity index (χ4n) is 5.79. The molecule has 0 unspecified atom stereocenters. The van der Waals surface area contributed by atoms with Gasteiger partial charge in [0.1, 0.15) is 28.7 Å². The number of hydrogen-bond donors (Lipinski definition) is 2. The fourth-order valence-corrected chi connectivity index (χ4v) is 7.69. The lowest BCUT2D eigenvalue weighted by molar-refractivity contribution is -0.138. The summed E-state index contributed by atoms with van der Waals surface area (Å²) in [5.74, 6) is -0.552. The summed E-state index contributed by atoms with van der Waals surface area (Å²) < 4.78 is 26.5. The van der Waals surface area contributed by atoms with Crippen LogP contribution in [0, 0.1) is 12.3 Å². The number of nitrogens with two attached hydrogens (primary N) is 1. The maximum absolute atomic E-state index is 13.9. The molecule has 3 aromatic rings. The van der Waals surface area contributed by atoms with Crippen LogP contribution < -0.4 is 16.4 Å². The van der Waals surface area contributed by atoms with E-state index in [1.807, 2.05) is 13.0 Å². The Bertz CT molecular complexity index is 1620. The molecule has 5 rings (SSSR count). The highest BCUT2D eigenvalue weighted by atomic mass is 79.9. The summed E-state index contributed by atoms with van der Waals surface area (Å²) in [5.41, 5.74) is 7.19. The molecule has 2 aromatic heterocycles. The minimum atomic E-state index is -3.64. The molecule has 2 fully saturated rings. The van der Waals surface area contributed by atoms with Crippen LogP contribution in [0.2, 0.25) is 0 Å². The van der Waals surface area contributed by atoms with E-state index in [1.54, 1.807) is 43.0 Å². The first-order valence-electron chi connectivity index (χ1n) is 13.8. The van der Waals surface area contributed by atoms with E-state index in [2.05, 4.69) is 31.3 Å². The van der Waals surface area contributed by atoms with Crippen LogP contribution in [0.15, 0.2) is 34.9 Å². The van der Waals surface area contributed by atoms with Crippen molar-refractivity contribution in [3.63, 3.8) is 0 Å². The number of carbonyl (C=O) groups is 3. The average molecular weight is 661 g/mol. The third kappa shape index (κ3) is 5.44. The summed E-state index contributed by atoms with van der Waals surface area (Å²) >= 11 is 3.33. The van der Waals surface area contributed by atoms with Gasteiger partial charge in [0.05, 0.1) is 24.0 Å². The lowest BCUT2D eigenvalue weighted by atomic mass is 9.99. The molecule has 1 saturated heterocycles. The van der Waals surface area contributed by atoms with Gasteiger partial charge < -0.3 is 25.0 Å². The Labute approximate surface area is 252 Å². The Hall–Kier alpha value is -2.96. The van der Waals surface area contributed by atoms with Crippen molar-refractivity contribution in [2.24, 2.45) is 11.1 Å². The highest BCUT2D eigenvalue weighted by Gasteiger charge is 2.66. The molecular formula is C28H34BrN6O6P. The number of fused-ring (bicyclic) bond motifs is 2. The highest BCUT2D eigenvalue weighted by molar-refractivity contribution is 9.10. The number of likely N-dealkylation sites (tertiary alicyclic amines) is 1. The van der Waals surface area contributed by atoms with Crippen molar-refractivity contribution >= 4 is 63.1 Å². The first kappa shape index (κ1) is 30.5. The van der Waals surface area contributed by atoms with Crippen molar-refractivity contribution in [1.82, 2.24) is 19.7 Å². The first-order chi connectivity index (χ1) is 20.0. The lowest BCUT2D eigenvalue weighted by Crippen LogP contribution is -2.47. The molecular weight excluding hydrogens is 627 g/mol. The zero-order chi connectivity index (χ0) is 30.4. The molecule has 224 valence electrons. The van der Waals surface area contributed by atoms with Gasteiger partial charge in [-0.05, 0) is 79.4 Å². The molecule has 14 heteroatoms. The number of amides is 2. The van der Waals surface area contributed by atoms with Gasteiger partial charge in [-0.25, -0.2) is 4.98 Å². The summed E-state index contributed by atoms with van der Waals surface area (Å²) in [4.78, 5) is 45.9. The van der Waals surface area contributed by atoms with E-state index in [-0.39, 0.29) is 54.5 Å². The topological polar surface area (TPSA) is 159 Å². The van der Waals surface area contributed by atoms with Crippen LogP contribution in [-0.2, 0) is 29.7 Å². The van der Waals surface area contributed by atoms with E-state index in [0.717, 1.165) is 5.56 Å². The third-order valence-corrected chi connectivity index (χ3v) is 10.5. The number of aryl methyl sites for hydroxylation is 1. The molecule has 42 heavy (non-hydrogen) atoms. The molecule has 3 N–H and O–H groups in total. The van der Waals surface area contributed by atoms with Crippen LogP contribution in [0.25, 0.3) is 10.9 Å². The van der Waals surface area contributed by atoms with Crippen LogP contribution in [-0.4, -0.2) is 69.1 Å². The molecule has 1 aliphatic carbocycles. The number of ketones is 1. The van der Waals surface area contributed by atoms with Crippen LogP contribution in [0.4, 0.5) is 5.82 Å². The van der Waals surface area contributed by atoms with Crippen LogP contribution in [0.5, 0.6) is 0 Å². The van der Waals surface area contributed by atoms with Crippen LogP contribution in [0.3, 0.4) is 0 Å². The van der Waals surface area contributed by atoms with E-state index in [4.69, 9.17) is 14.8 Å². The minimum Gasteiger partial charge on any atom is -0.330 e. The van der Waals surface area contributed by atoms with Gasteiger partial charge in [0.15, 0.2) is 5.78 Å². The van der Waals surface area contributed by atoms with Crippen LogP contribution >= 0.6 is 23.5 Å². The van der Waals surface area contributed by atoms with Crippen molar-refractivity contribution in [3.05, 3.63) is 46.2 Å². The molecule has 3 heterocycles. The van der Waals surface area contributed by atoms with Gasteiger partial charge in [-0.3, -0.25) is 23.6 Å². The molecule has 0 radical (unpaired) electrons. The number of benzene rings is 1. The molecule has 3 atom stereocenters. The molecule has 1 saturated carbocycles. The molecule has 1 aliphatic heterocycles. The number of pyridine rings is 1. The van der Waals surface area contributed by atoms with Crippen molar-refractivity contribution in [3.8, 4) is 0 Å². The number of nitrogens with zero attached hydrogens (tertiary/aromatic N) is 4. The largest absolute Gasteiger partial charge is 0.361 e.